The van der Waals surface area contributed by atoms with E-state index < -0.39 is 0 Å². The van der Waals surface area contributed by atoms with Crippen molar-refractivity contribution in [2.24, 2.45) is 5.92 Å². The van der Waals surface area contributed by atoms with Crippen molar-refractivity contribution in [2.45, 2.75) is 33.6 Å². The van der Waals surface area contributed by atoms with Gasteiger partial charge in [-0.15, -0.1) is 0 Å². The van der Waals surface area contributed by atoms with Crippen molar-refractivity contribution >= 4 is 5.82 Å². The highest BCUT2D eigenvalue weighted by atomic mass is 15.2. The molecule has 1 atom stereocenters. The predicted molar refractivity (Wildman–Crippen MR) is 76.4 cm³/mol. The standard InChI is InChI=1S/C15H21N3/c1-9(2)11(4)14-13(15(16)18-17-14)12-8-6-5-7-10(12)3/h5-9,11H,1-4H3,(H3,16,17,18). The van der Waals surface area contributed by atoms with Crippen molar-refractivity contribution in [3.8, 4) is 11.1 Å². The molecule has 3 heteroatoms. The van der Waals surface area contributed by atoms with Crippen LogP contribution in [0.25, 0.3) is 11.1 Å². The van der Waals surface area contributed by atoms with E-state index in [4.69, 9.17) is 5.73 Å². The number of nitrogens with one attached hydrogen (secondary N) is 1. The molecule has 3 nitrogen and oxygen atoms in total. The molecule has 0 spiro atoms. The second-order valence-corrected chi connectivity index (χ2v) is 5.25. The first-order valence-electron chi connectivity index (χ1n) is 6.42. The van der Waals surface area contributed by atoms with Gasteiger partial charge in [0.25, 0.3) is 0 Å². The Hall–Kier alpha value is -1.77. The minimum atomic E-state index is 0.407. The lowest BCUT2D eigenvalue weighted by Crippen LogP contribution is -2.04. The summed E-state index contributed by atoms with van der Waals surface area (Å²) >= 11 is 0. The Bertz CT molecular complexity index is 540. The number of hydrogen-bond donors (Lipinski definition) is 2. The maximum absolute atomic E-state index is 6.04. The number of aromatic nitrogens is 2. The summed E-state index contributed by atoms with van der Waals surface area (Å²) in [6, 6.07) is 8.29. The van der Waals surface area contributed by atoms with Crippen LogP contribution in [0.2, 0.25) is 0 Å². The Morgan fingerprint density at radius 1 is 1.17 bits per heavy atom. The zero-order valence-corrected chi connectivity index (χ0v) is 11.5. The van der Waals surface area contributed by atoms with Crippen LogP contribution in [0.3, 0.4) is 0 Å². The van der Waals surface area contributed by atoms with Crippen molar-refractivity contribution in [1.29, 1.82) is 0 Å². The molecular formula is C15H21N3. The summed E-state index contributed by atoms with van der Waals surface area (Å²) in [5.41, 5.74) is 10.6. The number of nitrogens with two attached hydrogens (primary N) is 1. The van der Waals surface area contributed by atoms with Gasteiger partial charge in [-0.1, -0.05) is 45.0 Å². The Morgan fingerprint density at radius 2 is 1.83 bits per heavy atom. The van der Waals surface area contributed by atoms with Gasteiger partial charge in [-0.05, 0) is 24.0 Å². The van der Waals surface area contributed by atoms with Crippen LogP contribution in [0.1, 0.15) is 37.9 Å². The Morgan fingerprint density at radius 3 is 2.44 bits per heavy atom. The Kier molecular flexibility index (Phi) is 3.41. The highest BCUT2D eigenvalue weighted by molar-refractivity contribution is 5.78. The number of anilines is 1. The molecule has 1 aromatic heterocycles. The molecule has 0 aliphatic rings. The summed E-state index contributed by atoms with van der Waals surface area (Å²) in [5.74, 6) is 1.55. The fourth-order valence-electron chi connectivity index (χ4n) is 2.17. The lowest BCUT2D eigenvalue weighted by atomic mass is 9.89. The summed E-state index contributed by atoms with van der Waals surface area (Å²) in [4.78, 5) is 0. The maximum atomic E-state index is 6.04. The van der Waals surface area contributed by atoms with Gasteiger partial charge in [0, 0.05) is 17.2 Å². The van der Waals surface area contributed by atoms with Gasteiger partial charge in [0.05, 0.1) is 0 Å². The number of aryl methyl sites for hydroxylation is 1. The zero-order valence-electron chi connectivity index (χ0n) is 11.5. The molecule has 3 N–H and O–H groups in total. The van der Waals surface area contributed by atoms with Crippen molar-refractivity contribution in [1.82, 2.24) is 10.2 Å². The normalized spacial score (nSPS) is 12.9. The number of hydrogen-bond acceptors (Lipinski definition) is 2. The number of aromatic amines is 1. The van der Waals surface area contributed by atoms with Crippen LogP contribution in [-0.2, 0) is 0 Å². The van der Waals surface area contributed by atoms with E-state index in [0.717, 1.165) is 11.3 Å². The van der Waals surface area contributed by atoms with E-state index >= 15 is 0 Å². The monoisotopic (exact) mass is 243 g/mol. The number of nitrogens with zero attached hydrogens (tertiary/aromatic N) is 1. The highest BCUT2D eigenvalue weighted by Gasteiger charge is 2.21. The first kappa shape index (κ1) is 12.7. The fraction of sp³-hybridized carbons (Fsp3) is 0.400. The van der Waals surface area contributed by atoms with Crippen molar-refractivity contribution in [3.63, 3.8) is 0 Å². The van der Waals surface area contributed by atoms with Crippen LogP contribution in [-0.4, -0.2) is 10.2 Å². The van der Waals surface area contributed by atoms with Gasteiger partial charge >= 0.3 is 0 Å². The Labute approximate surface area is 108 Å². The number of rotatable bonds is 3. The average Bonchev–Trinajstić information content (AvgIpc) is 2.71. The molecule has 0 amide bonds. The Balaban J connectivity index is 2.58. The van der Waals surface area contributed by atoms with Crippen molar-refractivity contribution in [2.75, 3.05) is 5.73 Å². The molecule has 18 heavy (non-hydrogen) atoms. The van der Waals surface area contributed by atoms with Gasteiger partial charge < -0.3 is 5.73 Å². The van der Waals surface area contributed by atoms with E-state index in [1.165, 1.54) is 11.1 Å². The fourth-order valence-corrected chi connectivity index (χ4v) is 2.17. The average molecular weight is 243 g/mol. The second kappa shape index (κ2) is 4.84. The summed E-state index contributed by atoms with van der Waals surface area (Å²) in [7, 11) is 0. The van der Waals surface area contributed by atoms with Crippen molar-refractivity contribution < 1.29 is 0 Å². The van der Waals surface area contributed by atoms with Crippen LogP contribution in [0.4, 0.5) is 5.82 Å². The third kappa shape index (κ3) is 2.13. The third-order valence-electron chi connectivity index (χ3n) is 3.69. The number of H-pyrrole nitrogens is 1. The minimum absolute atomic E-state index is 0.407. The van der Waals surface area contributed by atoms with Crippen LogP contribution >= 0.6 is 0 Å². The molecule has 0 saturated carbocycles. The molecule has 0 aliphatic carbocycles. The molecule has 0 fully saturated rings. The topological polar surface area (TPSA) is 54.7 Å². The van der Waals surface area contributed by atoms with Gasteiger partial charge in [0.1, 0.15) is 0 Å². The van der Waals surface area contributed by atoms with E-state index in [2.05, 4.69) is 50.0 Å². The minimum Gasteiger partial charge on any atom is -0.382 e. The van der Waals surface area contributed by atoms with Gasteiger partial charge in [-0.25, -0.2) is 0 Å². The molecular weight excluding hydrogens is 222 g/mol. The quantitative estimate of drug-likeness (QED) is 0.863. The van der Waals surface area contributed by atoms with E-state index in [1.54, 1.807) is 0 Å². The molecule has 1 unspecified atom stereocenters. The smallest absolute Gasteiger partial charge is 0.153 e. The number of benzene rings is 1. The summed E-state index contributed by atoms with van der Waals surface area (Å²) in [6.07, 6.45) is 0. The van der Waals surface area contributed by atoms with E-state index in [0.29, 0.717) is 17.7 Å². The third-order valence-corrected chi connectivity index (χ3v) is 3.69. The molecule has 2 rings (SSSR count). The molecule has 1 aromatic carbocycles. The van der Waals surface area contributed by atoms with Crippen molar-refractivity contribution in [3.05, 3.63) is 35.5 Å². The molecule has 0 radical (unpaired) electrons. The van der Waals surface area contributed by atoms with Gasteiger partial charge in [-0.2, -0.15) is 5.10 Å². The summed E-state index contributed by atoms with van der Waals surface area (Å²) in [5, 5.41) is 7.30. The molecule has 0 bridgehead atoms. The van der Waals surface area contributed by atoms with Crippen LogP contribution in [0.15, 0.2) is 24.3 Å². The maximum Gasteiger partial charge on any atom is 0.153 e. The first-order valence-corrected chi connectivity index (χ1v) is 6.42. The zero-order chi connectivity index (χ0) is 13.3. The van der Waals surface area contributed by atoms with E-state index in [-0.39, 0.29) is 0 Å². The van der Waals surface area contributed by atoms with E-state index in [1.807, 2.05) is 12.1 Å². The number of nitrogen functional groups attached to an aromatic ring is 1. The summed E-state index contributed by atoms with van der Waals surface area (Å²) < 4.78 is 0. The van der Waals surface area contributed by atoms with Crippen LogP contribution < -0.4 is 5.73 Å². The highest BCUT2D eigenvalue weighted by Crippen LogP contribution is 2.36. The van der Waals surface area contributed by atoms with Crippen LogP contribution in [0.5, 0.6) is 0 Å². The SMILES string of the molecule is Cc1ccccc1-c1c(N)n[nH]c1C(C)C(C)C. The van der Waals surface area contributed by atoms with Gasteiger partial charge in [0.15, 0.2) is 5.82 Å². The lowest BCUT2D eigenvalue weighted by molar-refractivity contribution is 0.523. The molecule has 0 aliphatic heterocycles. The van der Waals surface area contributed by atoms with Crippen LogP contribution in [0, 0.1) is 12.8 Å². The predicted octanol–water partition coefficient (Wildman–Crippen LogP) is 3.73. The molecule has 0 saturated heterocycles. The van der Waals surface area contributed by atoms with Gasteiger partial charge in [0.2, 0.25) is 0 Å². The lowest BCUT2D eigenvalue weighted by Gasteiger charge is -2.16. The largest absolute Gasteiger partial charge is 0.382 e. The van der Waals surface area contributed by atoms with E-state index in [9.17, 15) is 0 Å². The second-order valence-electron chi connectivity index (χ2n) is 5.25. The molecule has 96 valence electrons. The van der Waals surface area contributed by atoms with Gasteiger partial charge in [-0.3, -0.25) is 5.10 Å². The molecule has 1 heterocycles. The summed E-state index contributed by atoms with van der Waals surface area (Å²) in [6.45, 7) is 8.73. The molecule has 2 aromatic rings. The first-order chi connectivity index (χ1) is 8.52.